The Labute approximate surface area is 210 Å². The molecule has 10 heteroatoms. The Hall–Kier alpha value is -0.529. The number of carbonyl (C=O) groups excluding carboxylic acids is 2. The van der Waals surface area contributed by atoms with Crippen molar-refractivity contribution in [2.75, 3.05) is 13.7 Å². The zero-order valence-corrected chi connectivity index (χ0v) is 26.3. The number of hydrogen-bond acceptors (Lipinski definition) is 6. The molecule has 2 heterocycles. The molecule has 2 aliphatic rings. The summed E-state index contributed by atoms with van der Waals surface area (Å²) < 4.78 is 26.3. The third-order valence-corrected chi connectivity index (χ3v) is 18.5. The minimum Gasteiger partial charge on any atom is -0.469 e. The van der Waals surface area contributed by atoms with Crippen LogP contribution in [0.2, 0.25) is 55.9 Å². The van der Waals surface area contributed by atoms with Crippen LogP contribution in [-0.2, 0) is 27.6 Å². The van der Waals surface area contributed by atoms with Gasteiger partial charge >= 0.3 is 5.97 Å². The van der Waals surface area contributed by atoms with Crippen LogP contribution in [0.1, 0.15) is 48.0 Å². The first kappa shape index (κ1) is 29.7. The highest BCUT2D eigenvalue weighted by Gasteiger charge is 2.71. The highest BCUT2D eigenvalue weighted by atomic mass is 28.4. The summed E-state index contributed by atoms with van der Waals surface area (Å²) >= 11 is 0. The zero-order chi connectivity index (χ0) is 25.9. The summed E-state index contributed by atoms with van der Waals surface area (Å²) in [5.41, 5.74) is -1.16. The molecule has 0 bridgehead atoms. The van der Waals surface area contributed by atoms with E-state index < -0.39 is 48.8 Å². The lowest BCUT2D eigenvalue weighted by atomic mass is 9.91. The van der Waals surface area contributed by atoms with Gasteiger partial charge in [0.2, 0.25) is 0 Å². The van der Waals surface area contributed by atoms with E-state index in [1.165, 1.54) is 7.11 Å². The third-order valence-electron chi connectivity index (χ3n) is 8.33. The smallest absolute Gasteiger partial charge is 0.313 e. The highest BCUT2D eigenvalue weighted by molar-refractivity contribution is 6.74. The molecule has 0 spiro atoms. The highest BCUT2D eigenvalue weighted by Crippen LogP contribution is 2.51. The summed E-state index contributed by atoms with van der Waals surface area (Å²) in [7, 11) is -5.12. The first-order valence-electron chi connectivity index (χ1n) is 13.3. The van der Waals surface area contributed by atoms with E-state index in [1.807, 2.05) is 0 Å². The normalized spacial score (nSPS) is 27.9. The van der Waals surface area contributed by atoms with Gasteiger partial charge in [-0.05, 0) is 62.3 Å². The van der Waals surface area contributed by atoms with Crippen LogP contribution in [0.3, 0.4) is 0 Å². The number of fused-ring (bicyclic) bond motifs is 1. The quantitative estimate of drug-likeness (QED) is 0.236. The second-order valence-corrected chi connectivity index (χ2v) is 24.8. The number of esters is 1. The minimum atomic E-state index is -2.22. The topological polar surface area (TPSA) is 74.3 Å². The number of hydrogen-bond donors (Lipinski definition) is 0. The molecule has 0 radical (unpaired) electrons. The number of amides is 1. The predicted octanol–water partition coefficient (Wildman–Crippen LogP) is 5.35. The molecular weight excluding hydrogens is 483 g/mol. The van der Waals surface area contributed by atoms with Crippen LogP contribution in [0.5, 0.6) is 0 Å². The van der Waals surface area contributed by atoms with Gasteiger partial charge in [-0.15, -0.1) is 0 Å². The molecule has 2 rings (SSSR count). The zero-order valence-electron chi connectivity index (χ0n) is 23.3. The van der Waals surface area contributed by atoms with Gasteiger partial charge in [0, 0.05) is 6.54 Å². The maximum atomic E-state index is 14.1. The summed E-state index contributed by atoms with van der Waals surface area (Å²) in [5, 5.41) is 0. The van der Waals surface area contributed by atoms with E-state index >= 15 is 0 Å². The van der Waals surface area contributed by atoms with Crippen molar-refractivity contribution in [2.24, 2.45) is 5.92 Å². The van der Waals surface area contributed by atoms with Crippen LogP contribution >= 0.6 is 0 Å². The van der Waals surface area contributed by atoms with Gasteiger partial charge in [-0.2, -0.15) is 0 Å². The summed E-state index contributed by atoms with van der Waals surface area (Å²) in [6.45, 7) is 19.8. The number of methoxy groups -OCH3 is 1. The van der Waals surface area contributed by atoms with Gasteiger partial charge in [0.05, 0.1) is 7.11 Å². The molecule has 2 saturated heterocycles. The Morgan fingerprint density at radius 1 is 0.912 bits per heavy atom. The van der Waals surface area contributed by atoms with Crippen molar-refractivity contribution in [3.8, 4) is 0 Å². The molecular formula is C24H49NO6Si3. The van der Waals surface area contributed by atoms with Crippen LogP contribution in [0.25, 0.3) is 0 Å². The molecule has 0 aromatic carbocycles. The fourth-order valence-corrected chi connectivity index (χ4v) is 12.8. The molecule has 0 aliphatic carbocycles. The van der Waals surface area contributed by atoms with E-state index in [0.29, 0.717) is 13.0 Å². The van der Waals surface area contributed by atoms with E-state index in [0.717, 1.165) is 36.3 Å². The van der Waals surface area contributed by atoms with Crippen LogP contribution in [0.15, 0.2) is 0 Å². The monoisotopic (exact) mass is 531 g/mol. The molecule has 0 aromatic rings. The predicted molar refractivity (Wildman–Crippen MR) is 143 cm³/mol. The molecule has 1 amide bonds. The average Bonchev–Trinajstić information content (AvgIpc) is 3.27. The lowest BCUT2D eigenvalue weighted by Crippen LogP contribution is -2.63. The third kappa shape index (κ3) is 5.27. The molecule has 2 aliphatic heterocycles. The van der Waals surface area contributed by atoms with Gasteiger partial charge in [0.15, 0.2) is 36.8 Å². The summed E-state index contributed by atoms with van der Waals surface area (Å²) in [6.07, 6.45) is -0.833. The second kappa shape index (κ2) is 11.2. The van der Waals surface area contributed by atoms with Gasteiger partial charge < -0.3 is 22.9 Å². The van der Waals surface area contributed by atoms with E-state index in [-0.39, 0.29) is 11.9 Å². The van der Waals surface area contributed by atoms with Crippen molar-refractivity contribution in [3.05, 3.63) is 0 Å². The molecule has 2 fully saturated rings. The van der Waals surface area contributed by atoms with E-state index in [9.17, 15) is 9.59 Å². The molecule has 4 atom stereocenters. The minimum absolute atomic E-state index is 0.0758. The fourth-order valence-electron chi connectivity index (χ4n) is 5.86. The molecule has 34 heavy (non-hydrogen) atoms. The Kier molecular flexibility index (Phi) is 9.83. The van der Waals surface area contributed by atoms with Crippen molar-refractivity contribution in [1.29, 1.82) is 0 Å². The second-order valence-electron chi connectivity index (χ2n) is 10.9. The van der Waals surface area contributed by atoms with E-state index in [2.05, 4.69) is 61.2 Å². The van der Waals surface area contributed by atoms with Gasteiger partial charge in [-0.25, -0.2) is 0 Å². The first-order chi connectivity index (χ1) is 15.9. The number of ether oxygens (including phenoxy) is 1. The Balaban J connectivity index is 2.75. The first-order valence-corrected chi connectivity index (χ1v) is 21.8. The van der Waals surface area contributed by atoms with Crippen molar-refractivity contribution in [1.82, 2.24) is 4.90 Å². The van der Waals surface area contributed by atoms with Gasteiger partial charge in [-0.3, -0.25) is 9.59 Å². The molecule has 198 valence electrons. The molecule has 0 aromatic heterocycles. The standard InChI is InChI=1S/C24H49NO6Si3/c1-11-33(12-2,13-3)29-20-21(30-34(14-4,15-5)16-6)24(31-32(8,9)10)19(23(27)28-7)17-18-25(24)22(20)26/h19-21H,11-18H2,1-10H3/t19-,20+,21+,24+/m0/s1. The van der Waals surface area contributed by atoms with Gasteiger partial charge in [0.25, 0.3) is 5.91 Å². The number of nitrogens with zero attached hydrogens (tertiary/aromatic N) is 1. The Morgan fingerprint density at radius 3 is 1.79 bits per heavy atom. The van der Waals surface area contributed by atoms with Gasteiger partial charge in [-0.1, -0.05) is 41.5 Å². The van der Waals surface area contributed by atoms with Crippen LogP contribution in [0.4, 0.5) is 0 Å². The Morgan fingerprint density at radius 2 is 1.38 bits per heavy atom. The van der Waals surface area contributed by atoms with E-state index in [4.69, 9.17) is 18.0 Å². The van der Waals surface area contributed by atoms with Crippen molar-refractivity contribution < 1.29 is 27.6 Å². The summed E-state index contributed by atoms with van der Waals surface area (Å²) in [6, 6.07) is 5.66. The Bertz CT molecular complexity index is 705. The molecule has 0 N–H and O–H groups in total. The van der Waals surface area contributed by atoms with Gasteiger partial charge in [0.1, 0.15) is 12.0 Å². The molecule has 0 saturated carbocycles. The van der Waals surface area contributed by atoms with Crippen LogP contribution < -0.4 is 0 Å². The van der Waals surface area contributed by atoms with Crippen molar-refractivity contribution in [2.45, 2.75) is 122 Å². The number of rotatable bonds is 13. The number of carbonyl (C=O) groups is 2. The van der Waals surface area contributed by atoms with E-state index in [1.54, 1.807) is 4.90 Å². The average molecular weight is 532 g/mol. The molecule has 0 unspecified atom stereocenters. The lowest BCUT2D eigenvalue weighted by molar-refractivity contribution is -0.174. The maximum absolute atomic E-state index is 14.1. The van der Waals surface area contributed by atoms with Crippen molar-refractivity contribution >= 4 is 36.8 Å². The lowest BCUT2D eigenvalue weighted by Gasteiger charge is -2.47. The largest absolute Gasteiger partial charge is 0.469 e. The summed E-state index contributed by atoms with van der Waals surface area (Å²) in [5.74, 6) is -0.984. The van der Waals surface area contributed by atoms with Crippen LogP contribution in [0, 0.1) is 5.92 Å². The fraction of sp³-hybridized carbons (Fsp3) is 0.917. The molecule has 7 nitrogen and oxygen atoms in total. The van der Waals surface area contributed by atoms with Crippen molar-refractivity contribution in [3.63, 3.8) is 0 Å². The van der Waals surface area contributed by atoms with Crippen LogP contribution in [-0.4, -0.2) is 73.3 Å². The SMILES string of the molecule is CC[Si](CC)(CC)O[C@@H]1[C@@H](O[Si](CC)(CC)CC)C(=O)N2CC[C@@H](C(=O)OC)[C@@]12O[Si](C)(C)C. The maximum Gasteiger partial charge on any atom is 0.313 e. The summed E-state index contributed by atoms with van der Waals surface area (Å²) in [4.78, 5) is 29.0.